The number of rotatable bonds is 4. The van der Waals surface area contributed by atoms with Crippen LogP contribution in [0.2, 0.25) is 0 Å². The van der Waals surface area contributed by atoms with Crippen LogP contribution in [0.4, 0.5) is 0 Å². The van der Waals surface area contributed by atoms with Crippen LogP contribution in [-0.2, 0) is 9.84 Å². The van der Waals surface area contributed by atoms with Crippen molar-refractivity contribution in [2.75, 3.05) is 25.6 Å². The molecule has 1 rings (SSSR count). The SMILES string of the molecule is CN(CCS(C)(=O)=O)C1CCC(O)CC1. The zero-order valence-corrected chi connectivity index (χ0v) is 10.3. The first-order chi connectivity index (χ1) is 6.88. The number of nitrogens with zero attached hydrogens (tertiary/aromatic N) is 1. The van der Waals surface area contributed by atoms with Gasteiger partial charge in [-0.25, -0.2) is 8.42 Å². The first-order valence-corrected chi connectivity index (χ1v) is 7.50. The van der Waals surface area contributed by atoms with Crippen LogP contribution in [0.3, 0.4) is 0 Å². The predicted octanol–water partition coefficient (Wildman–Crippen LogP) is 0.266. The molecular formula is C10H21NO3S. The summed E-state index contributed by atoms with van der Waals surface area (Å²) in [6.45, 7) is 0.597. The standard InChI is InChI=1S/C10H21NO3S/c1-11(7-8-15(2,13)14)9-3-5-10(12)6-4-9/h9-10,12H,3-8H2,1-2H3. The van der Waals surface area contributed by atoms with Crippen LogP contribution in [0.25, 0.3) is 0 Å². The molecule has 0 saturated heterocycles. The summed E-state index contributed by atoms with van der Waals surface area (Å²) in [4.78, 5) is 2.10. The third-order valence-corrected chi connectivity index (χ3v) is 4.03. The molecule has 90 valence electrons. The summed E-state index contributed by atoms with van der Waals surface area (Å²) < 4.78 is 22.0. The van der Waals surface area contributed by atoms with Crippen molar-refractivity contribution in [1.82, 2.24) is 4.90 Å². The maximum absolute atomic E-state index is 11.0. The van der Waals surface area contributed by atoms with Gasteiger partial charge in [0.1, 0.15) is 9.84 Å². The molecule has 1 N–H and O–H groups in total. The van der Waals surface area contributed by atoms with Crippen molar-refractivity contribution in [2.24, 2.45) is 0 Å². The fraction of sp³-hybridized carbons (Fsp3) is 1.00. The summed E-state index contributed by atoms with van der Waals surface area (Å²) in [5, 5.41) is 9.35. The average molecular weight is 235 g/mol. The molecule has 0 heterocycles. The quantitative estimate of drug-likeness (QED) is 0.760. The lowest BCUT2D eigenvalue weighted by Crippen LogP contribution is -2.38. The Morgan fingerprint density at radius 1 is 1.27 bits per heavy atom. The topological polar surface area (TPSA) is 57.6 Å². The molecule has 15 heavy (non-hydrogen) atoms. The average Bonchev–Trinajstić information content (AvgIpc) is 2.14. The lowest BCUT2D eigenvalue weighted by atomic mass is 9.92. The van der Waals surface area contributed by atoms with E-state index in [1.165, 1.54) is 6.26 Å². The van der Waals surface area contributed by atoms with Crippen molar-refractivity contribution in [3.05, 3.63) is 0 Å². The maximum atomic E-state index is 11.0. The molecule has 0 aliphatic heterocycles. The molecule has 5 heteroatoms. The van der Waals surface area contributed by atoms with Crippen molar-refractivity contribution in [2.45, 2.75) is 37.8 Å². The number of sulfone groups is 1. The van der Waals surface area contributed by atoms with E-state index in [9.17, 15) is 13.5 Å². The van der Waals surface area contributed by atoms with Crippen LogP contribution in [0.1, 0.15) is 25.7 Å². The van der Waals surface area contributed by atoms with Crippen LogP contribution < -0.4 is 0 Å². The molecule has 0 bridgehead atoms. The third-order valence-electron chi connectivity index (χ3n) is 3.10. The van der Waals surface area contributed by atoms with Crippen molar-refractivity contribution in [1.29, 1.82) is 0 Å². The van der Waals surface area contributed by atoms with Crippen molar-refractivity contribution >= 4 is 9.84 Å². The first-order valence-electron chi connectivity index (χ1n) is 5.44. The van der Waals surface area contributed by atoms with E-state index < -0.39 is 9.84 Å². The van der Waals surface area contributed by atoms with E-state index in [1.807, 2.05) is 7.05 Å². The van der Waals surface area contributed by atoms with Crippen molar-refractivity contribution in [3.8, 4) is 0 Å². The van der Waals surface area contributed by atoms with E-state index in [1.54, 1.807) is 0 Å². The molecule has 1 fully saturated rings. The summed E-state index contributed by atoms with van der Waals surface area (Å²) in [5.74, 6) is 0.225. The van der Waals surface area contributed by atoms with E-state index in [0.29, 0.717) is 12.6 Å². The number of aliphatic hydroxyl groups excluding tert-OH is 1. The Morgan fingerprint density at radius 3 is 2.27 bits per heavy atom. The van der Waals surface area contributed by atoms with Crippen LogP contribution in [0.15, 0.2) is 0 Å². The van der Waals surface area contributed by atoms with E-state index in [2.05, 4.69) is 4.90 Å². The van der Waals surface area contributed by atoms with Gasteiger partial charge in [0.2, 0.25) is 0 Å². The molecule has 0 radical (unpaired) electrons. The molecule has 1 aliphatic carbocycles. The maximum Gasteiger partial charge on any atom is 0.148 e. The van der Waals surface area contributed by atoms with Gasteiger partial charge in [0, 0.05) is 18.8 Å². The summed E-state index contributed by atoms with van der Waals surface area (Å²) in [5.41, 5.74) is 0. The molecule has 0 aromatic carbocycles. The normalized spacial score (nSPS) is 28.3. The number of aliphatic hydroxyl groups is 1. The summed E-state index contributed by atoms with van der Waals surface area (Å²) in [6.07, 6.45) is 4.75. The second-order valence-electron chi connectivity index (χ2n) is 4.57. The Labute approximate surface area is 92.2 Å². The molecule has 0 spiro atoms. The Balaban J connectivity index is 2.31. The fourth-order valence-corrected chi connectivity index (χ4v) is 2.61. The van der Waals surface area contributed by atoms with Crippen LogP contribution in [0, 0.1) is 0 Å². The zero-order chi connectivity index (χ0) is 11.5. The Hall–Kier alpha value is -0.130. The van der Waals surface area contributed by atoms with E-state index in [4.69, 9.17) is 0 Å². The second-order valence-corrected chi connectivity index (χ2v) is 6.83. The first kappa shape index (κ1) is 12.9. The molecule has 4 nitrogen and oxygen atoms in total. The van der Waals surface area contributed by atoms with Crippen LogP contribution in [0.5, 0.6) is 0 Å². The van der Waals surface area contributed by atoms with Gasteiger partial charge in [0.25, 0.3) is 0 Å². The molecule has 0 aromatic heterocycles. The molecular weight excluding hydrogens is 214 g/mol. The highest BCUT2D eigenvalue weighted by Crippen LogP contribution is 2.21. The second kappa shape index (κ2) is 5.27. The fourth-order valence-electron chi connectivity index (χ4n) is 1.99. The minimum absolute atomic E-state index is 0.149. The van der Waals surface area contributed by atoms with Gasteiger partial charge >= 0.3 is 0 Å². The lowest BCUT2D eigenvalue weighted by molar-refractivity contribution is 0.0864. The minimum atomic E-state index is -2.86. The summed E-state index contributed by atoms with van der Waals surface area (Å²) in [7, 11) is -0.894. The summed E-state index contributed by atoms with van der Waals surface area (Å²) in [6, 6.07) is 0.440. The lowest BCUT2D eigenvalue weighted by Gasteiger charge is -2.32. The molecule has 1 saturated carbocycles. The summed E-state index contributed by atoms with van der Waals surface area (Å²) >= 11 is 0. The molecule has 0 unspecified atom stereocenters. The van der Waals surface area contributed by atoms with Crippen LogP contribution in [-0.4, -0.2) is 56.2 Å². The molecule has 0 aromatic rings. The Bertz CT molecular complexity index is 281. The number of hydrogen-bond donors (Lipinski definition) is 1. The molecule has 0 atom stereocenters. The van der Waals surface area contributed by atoms with E-state index >= 15 is 0 Å². The van der Waals surface area contributed by atoms with Gasteiger partial charge in [-0.05, 0) is 32.7 Å². The highest BCUT2D eigenvalue weighted by molar-refractivity contribution is 7.90. The molecule has 0 amide bonds. The number of hydrogen-bond acceptors (Lipinski definition) is 4. The third kappa shape index (κ3) is 4.95. The minimum Gasteiger partial charge on any atom is -0.393 e. The smallest absolute Gasteiger partial charge is 0.148 e. The van der Waals surface area contributed by atoms with Crippen molar-refractivity contribution < 1.29 is 13.5 Å². The van der Waals surface area contributed by atoms with E-state index in [0.717, 1.165) is 25.7 Å². The largest absolute Gasteiger partial charge is 0.393 e. The van der Waals surface area contributed by atoms with Gasteiger partial charge < -0.3 is 10.0 Å². The highest BCUT2D eigenvalue weighted by atomic mass is 32.2. The predicted molar refractivity (Wildman–Crippen MR) is 60.6 cm³/mol. The van der Waals surface area contributed by atoms with Crippen LogP contribution >= 0.6 is 0 Å². The monoisotopic (exact) mass is 235 g/mol. The highest BCUT2D eigenvalue weighted by Gasteiger charge is 2.22. The van der Waals surface area contributed by atoms with Crippen molar-refractivity contribution in [3.63, 3.8) is 0 Å². The van der Waals surface area contributed by atoms with Gasteiger partial charge in [0.05, 0.1) is 11.9 Å². The van der Waals surface area contributed by atoms with Gasteiger partial charge in [0.15, 0.2) is 0 Å². The Kier molecular flexibility index (Phi) is 4.55. The van der Waals surface area contributed by atoms with E-state index in [-0.39, 0.29) is 11.9 Å². The van der Waals surface area contributed by atoms with Gasteiger partial charge in [-0.1, -0.05) is 0 Å². The zero-order valence-electron chi connectivity index (χ0n) is 9.52. The van der Waals surface area contributed by atoms with Gasteiger partial charge in [-0.3, -0.25) is 0 Å². The van der Waals surface area contributed by atoms with Gasteiger partial charge in [-0.15, -0.1) is 0 Å². The molecule has 1 aliphatic rings. The Morgan fingerprint density at radius 2 is 1.80 bits per heavy atom. The van der Waals surface area contributed by atoms with Gasteiger partial charge in [-0.2, -0.15) is 0 Å².